The van der Waals surface area contributed by atoms with E-state index in [9.17, 15) is 0 Å². The van der Waals surface area contributed by atoms with E-state index in [1.807, 2.05) is 19.1 Å². The van der Waals surface area contributed by atoms with Crippen LogP contribution >= 0.6 is 23.2 Å². The van der Waals surface area contributed by atoms with Crippen LogP contribution in [0.3, 0.4) is 0 Å². The first kappa shape index (κ1) is 15.1. The molecule has 0 aliphatic carbocycles. The number of aromatic nitrogens is 2. The first-order chi connectivity index (χ1) is 10.1. The maximum Gasteiger partial charge on any atom is 0.128 e. The molecule has 1 aromatic carbocycles. The zero-order valence-electron chi connectivity index (χ0n) is 12.5. The van der Waals surface area contributed by atoms with Crippen molar-refractivity contribution < 1.29 is 0 Å². The highest BCUT2D eigenvalue weighted by Crippen LogP contribution is 2.33. The molecule has 2 heterocycles. The van der Waals surface area contributed by atoms with Gasteiger partial charge in [0.25, 0.3) is 0 Å². The average molecular weight is 326 g/mol. The second-order valence-corrected chi connectivity index (χ2v) is 6.87. The van der Waals surface area contributed by atoms with Crippen molar-refractivity contribution >= 4 is 34.2 Å². The summed E-state index contributed by atoms with van der Waals surface area (Å²) in [5.41, 5.74) is 2.09. The molecule has 3 nitrogen and oxygen atoms in total. The summed E-state index contributed by atoms with van der Waals surface area (Å²) in [6.45, 7) is 7.57. The van der Waals surface area contributed by atoms with Crippen LogP contribution < -0.4 is 0 Å². The highest BCUT2D eigenvalue weighted by atomic mass is 35.5. The number of hydrogen-bond donors (Lipinski definition) is 0. The standard InChI is InChI=1S/C16H21Cl2N3/c1-3-20-8-4-5-13(10-20)21-15-7-6-12(18)9-14(15)19-16(21)11(2)17/h6-7,9,11,13H,3-5,8,10H2,1-2H3. The van der Waals surface area contributed by atoms with Gasteiger partial charge in [0.2, 0.25) is 0 Å². The van der Waals surface area contributed by atoms with Crippen molar-refractivity contribution in [2.75, 3.05) is 19.6 Å². The number of likely N-dealkylation sites (N-methyl/N-ethyl adjacent to an activating group) is 1. The van der Waals surface area contributed by atoms with Gasteiger partial charge in [0.1, 0.15) is 5.82 Å². The fraction of sp³-hybridized carbons (Fsp3) is 0.562. The minimum atomic E-state index is -0.104. The third-order valence-electron chi connectivity index (χ3n) is 4.33. The van der Waals surface area contributed by atoms with Crippen LogP contribution in [0.15, 0.2) is 18.2 Å². The average Bonchev–Trinajstić information content (AvgIpc) is 2.86. The van der Waals surface area contributed by atoms with Crippen molar-refractivity contribution in [3.63, 3.8) is 0 Å². The van der Waals surface area contributed by atoms with E-state index in [1.54, 1.807) is 0 Å². The number of alkyl halides is 1. The van der Waals surface area contributed by atoms with E-state index in [0.717, 1.165) is 35.0 Å². The summed E-state index contributed by atoms with van der Waals surface area (Å²) in [5, 5.41) is 0.618. The lowest BCUT2D eigenvalue weighted by molar-refractivity contribution is 0.185. The number of piperidine rings is 1. The van der Waals surface area contributed by atoms with E-state index < -0.39 is 0 Å². The molecule has 0 radical (unpaired) electrons. The molecule has 5 heteroatoms. The van der Waals surface area contributed by atoms with Gasteiger partial charge in [-0.1, -0.05) is 18.5 Å². The summed E-state index contributed by atoms with van der Waals surface area (Å²) in [5.74, 6) is 0.955. The van der Waals surface area contributed by atoms with Gasteiger partial charge in [0.05, 0.1) is 16.4 Å². The number of rotatable bonds is 3. The Kier molecular flexibility index (Phi) is 4.43. The maximum absolute atomic E-state index is 6.38. The van der Waals surface area contributed by atoms with Crippen molar-refractivity contribution in [1.29, 1.82) is 0 Å². The van der Waals surface area contributed by atoms with Gasteiger partial charge in [-0.05, 0) is 51.1 Å². The summed E-state index contributed by atoms with van der Waals surface area (Å²) >= 11 is 12.5. The number of nitrogens with zero attached hydrogens (tertiary/aromatic N) is 3. The molecular weight excluding hydrogens is 305 g/mol. The van der Waals surface area contributed by atoms with Gasteiger partial charge in [0, 0.05) is 17.6 Å². The number of imidazole rings is 1. The van der Waals surface area contributed by atoms with Gasteiger partial charge in [-0.3, -0.25) is 0 Å². The first-order valence-electron chi connectivity index (χ1n) is 7.64. The van der Waals surface area contributed by atoms with E-state index in [2.05, 4.69) is 22.5 Å². The lowest BCUT2D eigenvalue weighted by Crippen LogP contribution is -2.36. The molecule has 0 bridgehead atoms. The van der Waals surface area contributed by atoms with Crippen LogP contribution in [0.4, 0.5) is 0 Å². The molecule has 1 saturated heterocycles. The minimum Gasteiger partial charge on any atom is -0.322 e. The van der Waals surface area contributed by atoms with Gasteiger partial charge in [0.15, 0.2) is 0 Å². The molecule has 114 valence electrons. The highest BCUT2D eigenvalue weighted by Gasteiger charge is 2.25. The van der Waals surface area contributed by atoms with Gasteiger partial charge < -0.3 is 9.47 Å². The Hall–Kier alpha value is -0.770. The van der Waals surface area contributed by atoms with Gasteiger partial charge >= 0.3 is 0 Å². The van der Waals surface area contributed by atoms with Crippen molar-refractivity contribution in [2.24, 2.45) is 0 Å². The van der Waals surface area contributed by atoms with E-state index in [1.165, 1.54) is 19.4 Å². The zero-order valence-corrected chi connectivity index (χ0v) is 14.0. The molecule has 1 aliphatic heterocycles. The Morgan fingerprint density at radius 1 is 1.43 bits per heavy atom. The van der Waals surface area contributed by atoms with Crippen LogP contribution in [0.5, 0.6) is 0 Å². The summed E-state index contributed by atoms with van der Waals surface area (Å²) in [4.78, 5) is 7.23. The second-order valence-electron chi connectivity index (χ2n) is 5.78. The highest BCUT2D eigenvalue weighted by molar-refractivity contribution is 6.31. The fourth-order valence-corrected chi connectivity index (χ4v) is 3.60. The summed E-state index contributed by atoms with van der Waals surface area (Å²) in [7, 11) is 0. The lowest BCUT2D eigenvalue weighted by atomic mass is 10.0. The summed E-state index contributed by atoms with van der Waals surface area (Å²) in [6, 6.07) is 6.38. The van der Waals surface area contributed by atoms with Crippen LogP contribution in [0.1, 0.15) is 43.9 Å². The predicted molar refractivity (Wildman–Crippen MR) is 89.4 cm³/mol. The van der Waals surface area contributed by atoms with E-state index in [0.29, 0.717) is 6.04 Å². The molecule has 0 saturated carbocycles. The number of likely N-dealkylation sites (tertiary alicyclic amines) is 1. The van der Waals surface area contributed by atoms with Gasteiger partial charge in [-0.2, -0.15) is 0 Å². The van der Waals surface area contributed by atoms with Crippen molar-refractivity contribution in [3.8, 4) is 0 Å². The first-order valence-corrected chi connectivity index (χ1v) is 8.45. The van der Waals surface area contributed by atoms with E-state index >= 15 is 0 Å². The number of halogens is 2. The number of fused-ring (bicyclic) bond motifs is 1. The molecule has 0 N–H and O–H groups in total. The SMILES string of the molecule is CCN1CCCC(n2c(C(C)Cl)nc3cc(Cl)ccc32)C1. The molecule has 3 rings (SSSR count). The largest absolute Gasteiger partial charge is 0.322 e. The molecular formula is C16H21Cl2N3. The van der Waals surface area contributed by atoms with Crippen LogP contribution in [-0.2, 0) is 0 Å². The van der Waals surface area contributed by atoms with Crippen LogP contribution in [-0.4, -0.2) is 34.1 Å². The fourth-order valence-electron chi connectivity index (χ4n) is 3.28. The molecule has 1 aromatic heterocycles. The molecule has 0 amide bonds. The van der Waals surface area contributed by atoms with Gasteiger partial charge in [-0.25, -0.2) is 4.98 Å². The van der Waals surface area contributed by atoms with Crippen molar-refractivity contribution in [3.05, 3.63) is 29.0 Å². The topological polar surface area (TPSA) is 21.1 Å². The molecule has 2 atom stereocenters. The Morgan fingerprint density at radius 3 is 2.95 bits per heavy atom. The van der Waals surface area contributed by atoms with Crippen LogP contribution in [0.2, 0.25) is 5.02 Å². The van der Waals surface area contributed by atoms with E-state index in [4.69, 9.17) is 28.2 Å². The van der Waals surface area contributed by atoms with Crippen molar-refractivity contribution in [1.82, 2.24) is 14.5 Å². The van der Waals surface area contributed by atoms with E-state index in [-0.39, 0.29) is 5.38 Å². The molecule has 1 fully saturated rings. The number of hydrogen-bond acceptors (Lipinski definition) is 2. The Balaban J connectivity index is 2.08. The Morgan fingerprint density at radius 2 is 2.24 bits per heavy atom. The van der Waals surface area contributed by atoms with Crippen LogP contribution in [0, 0.1) is 0 Å². The third kappa shape index (κ3) is 2.92. The smallest absolute Gasteiger partial charge is 0.128 e. The quantitative estimate of drug-likeness (QED) is 0.766. The lowest BCUT2D eigenvalue weighted by Gasteiger charge is -2.34. The normalized spacial score (nSPS) is 21.8. The Bertz CT molecular complexity index is 636. The maximum atomic E-state index is 6.38. The van der Waals surface area contributed by atoms with Crippen LogP contribution in [0.25, 0.3) is 11.0 Å². The Labute approximate surface area is 135 Å². The van der Waals surface area contributed by atoms with Crippen molar-refractivity contribution in [2.45, 2.75) is 38.1 Å². The van der Waals surface area contributed by atoms with Gasteiger partial charge in [-0.15, -0.1) is 11.6 Å². The predicted octanol–water partition coefficient (Wildman–Crippen LogP) is 4.65. The third-order valence-corrected chi connectivity index (χ3v) is 4.76. The monoisotopic (exact) mass is 325 g/mol. The molecule has 21 heavy (non-hydrogen) atoms. The summed E-state index contributed by atoms with van der Waals surface area (Å²) < 4.78 is 2.34. The molecule has 0 spiro atoms. The molecule has 2 aromatic rings. The molecule has 1 aliphatic rings. The summed E-state index contributed by atoms with van der Waals surface area (Å²) in [6.07, 6.45) is 2.41. The molecule has 2 unspecified atom stereocenters. The minimum absolute atomic E-state index is 0.104. The zero-order chi connectivity index (χ0) is 15.0. The second kappa shape index (κ2) is 6.15. The number of benzene rings is 1.